The van der Waals surface area contributed by atoms with Crippen LogP contribution in [0.25, 0.3) is 0 Å². The molecular weight excluding hydrogens is 238 g/mol. The summed E-state index contributed by atoms with van der Waals surface area (Å²) in [5, 5.41) is 3.51. The maximum Gasteiger partial charge on any atom is 0.118 e. The van der Waals surface area contributed by atoms with E-state index in [2.05, 4.69) is 33.9 Å². The summed E-state index contributed by atoms with van der Waals surface area (Å²) in [5.41, 5.74) is 1.27. The van der Waals surface area contributed by atoms with Gasteiger partial charge in [-0.15, -0.1) is 0 Å². The van der Waals surface area contributed by atoms with Crippen LogP contribution in [-0.2, 0) is 6.54 Å². The van der Waals surface area contributed by atoms with Gasteiger partial charge in [-0.1, -0.05) is 12.1 Å². The number of imidazole rings is 1. The van der Waals surface area contributed by atoms with Crippen LogP contribution in [0.4, 0.5) is 0 Å². The summed E-state index contributed by atoms with van der Waals surface area (Å²) >= 11 is 0. The van der Waals surface area contributed by atoms with E-state index in [0.29, 0.717) is 6.04 Å². The number of aryl methyl sites for hydroxylation is 1. The first-order chi connectivity index (χ1) is 9.20. The van der Waals surface area contributed by atoms with Crippen LogP contribution in [0.1, 0.15) is 24.4 Å². The third kappa shape index (κ3) is 3.58. The number of benzene rings is 1. The van der Waals surface area contributed by atoms with E-state index in [4.69, 9.17) is 4.74 Å². The molecule has 0 aliphatic carbocycles. The lowest BCUT2D eigenvalue weighted by Gasteiger charge is -2.15. The van der Waals surface area contributed by atoms with Crippen LogP contribution in [0.3, 0.4) is 0 Å². The van der Waals surface area contributed by atoms with Crippen molar-refractivity contribution in [2.24, 2.45) is 0 Å². The number of rotatable bonds is 6. The summed E-state index contributed by atoms with van der Waals surface area (Å²) in [6, 6.07) is 8.51. The zero-order valence-corrected chi connectivity index (χ0v) is 11.8. The molecule has 0 spiro atoms. The van der Waals surface area contributed by atoms with Gasteiger partial charge >= 0.3 is 0 Å². The second kappa shape index (κ2) is 6.38. The van der Waals surface area contributed by atoms with E-state index in [1.165, 1.54) is 5.56 Å². The van der Waals surface area contributed by atoms with Gasteiger partial charge in [0.25, 0.3) is 0 Å². The van der Waals surface area contributed by atoms with E-state index < -0.39 is 0 Å². The molecule has 4 nitrogen and oxygen atoms in total. The van der Waals surface area contributed by atoms with Gasteiger partial charge in [0.15, 0.2) is 0 Å². The maximum absolute atomic E-state index is 5.16. The number of hydrogen-bond donors (Lipinski definition) is 1. The third-order valence-corrected chi connectivity index (χ3v) is 3.34. The Morgan fingerprint density at radius 2 is 2.05 bits per heavy atom. The standard InChI is InChI=1S/C15H21N3O/c1-12(14-4-6-15(19-3)7-5-14)16-8-10-18-11-9-17-13(18)2/h4-7,9,11-12,16H,8,10H2,1-3H3. The molecule has 1 heterocycles. The summed E-state index contributed by atoms with van der Waals surface area (Å²) < 4.78 is 7.31. The molecule has 0 radical (unpaired) electrons. The van der Waals surface area contributed by atoms with E-state index in [1.54, 1.807) is 7.11 Å². The first kappa shape index (κ1) is 13.6. The van der Waals surface area contributed by atoms with Crippen LogP contribution in [0.5, 0.6) is 5.75 Å². The van der Waals surface area contributed by atoms with Gasteiger partial charge in [-0.3, -0.25) is 0 Å². The fourth-order valence-corrected chi connectivity index (χ4v) is 2.05. The molecule has 0 bridgehead atoms. The first-order valence-electron chi connectivity index (χ1n) is 6.56. The highest BCUT2D eigenvalue weighted by Gasteiger charge is 2.05. The predicted octanol–water partition coefficient (Wildman–Crippen LogP) is 2.55. The van der Waals surface area contributed by atoms with E-state index in [0.717, 1.165) is 24.7 Å². The largest absolute Gasteiger partial charge is 0.497 e. The Kier molecular flexibility index (Phi) is 4.58. The van der Waals surface area contributed by atoms with Crippen molar-refractivity contribution in [3.05, 3.63) is 48.0 Å². The zero-order valence-electron chi connectivity index (χ0n) is 11.8. The van der Waals surface area contributed by atoms with E-state index in [-0.39, 0.29) is 0 Å². The molecular formula is C15H21N3O. The highest BCUT2D eigenvalue weighted by atomic mass is 16.5. The molecule has 1 aromatic heterocycles. The van der Waals surface area contributed by atoms with Crippen molar-refractivity contribution in [3.63, 3.8) is 0 Å². The SMILES string of the molecule is COc1ccc(C(C)NCCn2ccnc2C)cc1. The van der Waals surface area contributed by atoms with Crippen molar-refractivity contribution in [3.8, 4) is 5.75 Å². The predicted molar refractivity (Wildman–Crippen MR) is 76.4 cm³/mol. The van der Waals surface area contributed by atoms with Gasteiger partial charge in [0.05, 0.1) is 7.11 Å². The molecule has 1 aromatic carbocycles. The fourth-order valence-electron chi connectivity index (χ4n) is 2.05. The van der Waals surface area contributed by atoms with Crippen LogP contribution in [0.2, 0.25) is 0 Å². The van der Waals surface area contributed by atoms with E-state index in [9.17, 15) is 0 Å². The molecule has 0 amide bonds. The van der Waals surface area contributed by atoms with E-state index in [1.807, 2.05) is 31.5 Å². The van der Waals surface area contributed by atoms with E-state index >= 15 is 0 Å². The van der Waals surface area contributed by atoms with Gasteiger partial charge in [-0.05, 0) is 31.5 Å². The fraction of sp³-hybridized carbons (Fsp3) is 0.400. The second-order valence-corrected chi connectivity index (χ2v) is 4.62. The average Bonchev–Trinajstić information content (AvgIpc) is 2.84. The van der Waals surface area contributed by atoms with Gasteiger partial charge in [-0.25, -0.2) is 4.98 Å². The van der Waals surface area contributed by atoms with Gasteiger partial charge in [0, 0.05) is 31.5 Å². The van der Waals surface area contributed by atoms with Crippen molar-refractivity contribution >= 4 is 0 Å². The molecule has 4 heteroatoms. The minimum absolute atomic E-state index is 0.328. The Balaban J connectivity index is 1.83. The molecule has 0 saturated heterocycles. The molecule has 102 valence electrons. The minimum atomic E-state index is 0.328. The number of aromatic nitrogens is 2. The third-order valence-electron chi connectivity index (χ3n) is 3.34. The molecule has 1 atom stereocenters. The Hall–Kier alpha value is -1.81. The van der Waals surface area contributed by atoms with Gasteiger partial charge in [0.1, 0.15) is 11.6 Å². The molecule has 19 heavy (non-hydrogen) atoms. The normalized spacial score (nSPS) is 12.4. The number of nitrogens with one attached hydrogen (secondary N) is 1. The lowest BCUT2D eigenvalue weighted by atomic mass is 10.1. The smallest absolute Gasteiger partial charge is 0.118 e. The quantitative estimate of drug-likeness (QED) is 0.866. The molecule has 2 rings (SSSR count). The van der Waals surface area contributed by atoms with Crippen molar-refractivity contribution < 1.29 is 4.74 Å². The Bertz CT molecular complexity index is 504. The summed E-state index contributed by atoms with van der Waals surface area (Å²) in [4.78, 5) is 4.21. The van der Waals surface area contributed by atoms with Crippen LogP contribution in [0, 0.1) is 6.92 Å². The summed E-state index contributed by atoms with van der Waals surface area (Å²) in [7, 11) is 1.68. The molecule has 0 aliphatic rings. The van der Waals surface area contributed by atoms with Crippen molar-refractivity contribution in [2.75, 3.05) is 13.7 Å². The van der Waals surface area contributed by atoms with Gasteiger partial charge in [-0.2, -0.15) is 0 Å². The highest BCUT2D eigenvalue weighted by molar-refractivity contribution is 5.28. The molecule has 1 unspecified atom stereocenters. The van der Waals surface area contributed by atoms with Gasteiger partial charge in [0.2, 0.25) is 0 Å². The summed E-state index contributed by atoms with van der Waals surface area (Å²) in [5.74, 6) is 1.95. The number of hydrogen-bond acceptors (Lipinski definition) is 3. The lowest BCUT2D eigenvalue weighted by Crippen LogP contribution is -2.23. The molecule has 1 N–H and O–H groups in total. The molecule has 2 aromatic rings. The Morgan fingerprint density at radius 1 is 1.32 bits per heavy atom. The number of methoxy groups -OCH3 is 1. The van der Waals surface area contributed by atoms with Crippen LogP contribution in [-0.4, -0.2) is 23.2 Å². The summed E-state index contributed by atoms with van der Waals surface area (Å²) in [6.45, 7) is 6.05. The summed E-state index contributed by atoms with van der Waals surface area (Å²) in [6.07, 6.45) is 3.84. The zero-order chi connectivity index (χ0) is 13.7. The van der Waals surface area contributed by atoms with Crippen molar-refractivity contribution in [1.82, 2.24) is 14.9 Å². The molecule has 0 saturated carbocycles. The van der Waals surface area contributed by atoms with Crippen molar-refractivity contribution in [1.29, 1.82) is 0 Å². The van der Waals surface area contributed by atoms with Crippen molar-refractivity contribution in [2.45, 2.75) is 26.4 Å². The number of ether oxygens (including phenoxy) is 1. The molecule has 0 aliphatic heterocycles. The molecule has 0 fully saturated rings. The van der Waals surface area contributed by atoms with Crippen LogP contribution >= 0.6 is 0 Å². The highest BCUT2D eigenvalue weighted by Crippen LogP contribution is 2.16. The Morgan fingerprint density at radius 3 is 2.63 bits per heavy atom. The second-order valence-electron chi connectivity index (χ2n) is 4.62. The lowest BCUT2D eigenvalue weighted by molar-refractivity contribution is 0.414. The topological polar surface area (TPSA) is 39.1 Å². The average molecular weight is 259 g/mol. The minimum Gasteiger partial charge on any atom is -0.497 e. The Labute approximate surface area is 114 Å². The monoisotopic (exact) mass is 259 g/mol. The number of nitrogens with zero attached hydrogens (tertiary/aromatic N) is 2. The first-order valence-corrected chi connectivity index (χ1v) is 6.56. The van der Waals surface area contributed by atoms with Crippen LogP contribution < -0.4 is 10.1 Å². The van der Waals surface area contributed by atoms with Gasteiger partial charge < -0.3 is 14.6 Å². The van der Waals surface area contributed by atoms with Crippen LogP contribution in [0.15, 0.2) is 36.7 Å². The maximum atomic E-state index is 5.16.